The highest BCUT2D eigenvalue weighted by Gasteiger charge is 2.28. The van der Waals surface area contributed by atoms with E-state index in [9.17, 15) is 13.2 Å². The fraction of sp³-hybridized carbons (Fsp3) is 0.240. The lowest BCUT2D eigenvalue weighted by Crippen LogP contribution is -2.38. The Bertz CT molecular complexity index is 1170. The topological polar surface area (TPSA) is 66.5 Å². The molecule has 0 unspecified atom stereocenters. The molecule has 0 saturated heterocycles. The first kappa shape index (κ1) is 22.6. The number of hydrogen-bond acceptors (Lipinski definition) is 3. The van der Waals surface area contributed by atoms with Crippen LogP contribution in [0, 0.1) is 20.8 Å². The molecule has 31 heavy (non-hydrogen) atoms. The average Bonchev–Trinajstić information content (AvgIpc) is 2.75. The van der Waals surface area contributed by atoms with Crippen LogP contribution in [0.1, 0.15) is 29.2 Å². The SMILES string of the molecule is CCc1ccccc1N(CC(=O)Nc1c(C)cc(C)cc1C)S(=O)(=O)c1ccccc1. The Labute approximate surface area is 184 Å². The summed E-state index contributed by atoms with van der Waals surface area (Å²) in [4.78, 5) is 13.2. The van der Waals surface area contributed by atoms with Crippen molar-refractivity contribution in [2.24, 2.45) is 0 Å². The van der Waals surface area contributed by atoms with Crippen LogP contribution in [0.25, 0.3) is 0 Å². The van der Waals surface area contributed by atoms with Crippen LogP contribution in [0.3, 0.4) is 0 Å². The molecule has 1 amide bonds. The van der Waals surface area contributed by atoms with Crippen LogP contribution in [-0.2, 0) is 21.2 Å². The summed E-state index contributed by atoms with van der Waals surface area (Å²) in [5, 5.41) is 2.92. The van der Waals surface area contributed by atoms with Crippen molar-refractivity contribution in [3.63, 3.8) is 0 Å². The van der Waals surface area contributed by atoms with E-state index in [1.54, 1.807) is 42.5 Å². The van der Waals surface area contributed by atoms with Crippen LogP contribution >= 0.6 is 0 Å². The number of rotatable bonds is 7. The quantitative estimate of drug-likeness (QED) is 0.566. The fourth-order valence-electron chi connectivity index (χ4n) is 3.76. The van der Waals surface area contributed by atoms with E-state index in [2.05, 4.69) is 5.32 Å². The molecule has 0 bridgehead atoms. The third-order valence-corrected chi connectivity index (χ3v) is 6.98. The van der Waals surface area contributed by atoms with Crippen LogP contribution in [0.5, 0.6) is 0 Å². The second kappa shape index (κ2) is 9.35. The second-order valence-electron chi connectivity index (χ2n) is 7.63. The first-order valence-electron chi connectivity index (χ1n) is 10.3. The molecule has 1 N–H and O–H groups in total. The highest BCUT2D eigenvalue weighted by atomic mass is 32.2. The maximum absolute atomic E-state index is 13.5. The smallest absolute Gasteiger partial charge is 0.264 e. The maximum atomic E-state index is 13.5. The molecule has 6 heteroatoms. The number of anilines is 2. The van der Waals surface area contributed by atoms with Gasteiger partial charge in [-0.2, -0.15) is 0 Å². The number of nitrogens with one attached hydrogen (secondary N) is 1. The van der Waals surface area contributed by atoms with Crippen molar-refractivity contribution >= 4 is 27.3 Å². The van der Waals surface area contributed by atoms with Gasteiger partial charge in [0.25, 0.3) is 10.0 Å². The largest absolute Gasteiger partial charge is 0.324 e. The molecule has 3 aromatic carbocycles. The summed E-state index contributed by atoms with van der Waals surface area (Å²) in [5.74, 6) is -0.388. The molecule has 0 heterocycles. The molecule has 5 nitrogen and oxygen atoms in total. The lowest BCUT2D eigenvalue weighted by atomic mass is 10.1. The summed E-state index contributed by atoms with van der Waals surface area (Å²) >= 11 is 0. The zero-order valence-corrected chi connectivity index (χ0v) is 19.2. The highest BCUT2D eigenvalue weighted by Crippen LogP contribution is 2.28. The number of nitrogens with zero attached hydrogens (tertiary/aromatic N) is 1. The molecule has 0 aliphatic rings. The first-order chi connectivity index (χ1) is 14.7. The van der Waals surface area contributed by atoms with Gasteiger partial charge in [0.1, 0.15) is 6.54 Å². The van der Waals surface area contributed by atoms with Crippen molar-refractivity contribution in [1.29, 1.82) is 0 Å². The number of amides is 1. The molecule has 0 aliphatic heterocycles. The molecule has 3 rings (SSSR count). The van der Waals surface area contributed by atoms with E-state index in [1.165, 1.54) is 4.31 Å². The summed E-state index contributed by atoms with van der Waals surface area (Å²) < 4.78 is 28.2. The Balaban J connectivity index is 2.01. The van der Waals surface area contributed by atoms with Crippen LogP contribution in [0.4, 0.5) is 11.4 Å². The van der Waals surface area contributed by atoms with Crippen molar-refractivity contribution in [2.75, 3.05) is 16.2 Å². The Morgan fingerprint density at radius 2 is 1.48 bits per heavy atom. The van der Waals surface area contributed by atoms with Gasteiger partial charge in [0.15, 0.2) is 0 Å². The zero-order chi connectivity index (χ0) is 22.6. The average molecular weight is 437 g/mol. The Morgan fingerprint density at radius 3 is 2.10 bits per heavy atom. The van der Waals surface area contributed by atoms with Gasteiger partial charge in [-0.05, 0) is 62.1 Å². The number of carbonyl (C=O) groups excluding carboxylic acids is 1. The van der Waals surface area contributed by atoms with Gasteiger partial charge in [-0.25, -0.2) is 8.42 Å². The molecule has 0 aromatic heterocycles. The molecular weight excluding hydrogens is 408 g/mol. The third-order valence-electron chi connectivity index (χ3n) is 5.20. The van der Waals surface area contributed by atoms with Gasteiger partial charge in [0, 0.05) is 5.69 Å². The summed E-state index contributed by atoms with van der Waals surface area (Å²) in [5.41, 5.74) is 5.09. The van der Waals surface area contributed by atoms with E-state index < -0.39 is 10.0 Å². The number of sulfonamides is 1. The Kier molecular flexibility index (Phi) is 6.81. The monoisotopic (exact) mass is 436 g/mol. The number of benzene rings is 3. The number of carbonyl (C=O) groups is 1. The zero-order valence-electron chi connectivity index (χ0n) is 18.3. The van der Waals surface area contributed by atoms with Crippen molar-refractivity contribution in [1.82, 2.24) is 0 Å². The van der Waals surface area contributed by atoms with Gasteiger partial charge in [-0.3, -0.25) is 9.10 Å². The molecule has 0 fully saturated rings. The van der Waals surface area contributed by atoms with Crippen LogP contribution in [0.2, 0.25) is 0 Å². The highest BCUT2D eigenvalue weighted by molar-refractivity contribution is 7.92. The van der Waals surface area contributed by atoms with Gasteiger partial charge >= 0.3 is 0 Å². The number of hydrogen-bond donors (Lipinski definition) is 1. The normalized spacial score (nSPS) is 11.2. The molecule has 3 aromatic rings. The van der Waals surface area contributed by atoms with Crippen molar-refractivity contribution < 1.29 is 13.2 Å². The molecule has 0 radical (unpaired) electrons. The molecule has 0 spiro atoms. The lowest BCUT2D eigenvalue weighted by molar-refractivity contribution is -0.114. The van der Waals surface area contributed by atoms with E-state index in [4.69, 9.17) is 0 Å². The van der Waals surface area contributed by atoms with Gasteiger partial charge in [-0.1, -0.05) is 61.0 Å². The second-order valence-corrected chi connectivity index (χ2v) is 9.49. The molecular formula is C25H28N2O3S. The van der Waals surface area contributed by atoms with Gasteiger partial charge in [0.2, 0.25) is 5.91 Å². The third kappa shape index (κ3) is 4.97. The molecule has 162 valence electrons. The van der Waals surface area contributed by atoms with E-state index in [1.807, 2.05) is 52.0 Å². The predicted molar refractivity (Wildman–Crippen MR) is 126 cm³/mol. The number of aryl methyl sites for hydroxylation is 4. The maximum Gasteiger partial charge on any atom is 0.264 e. The van der Waals surface area contributed by atoms with E-state index in [0.29, 0.717) is 12.1 Å². The first-order valence-corrected chi connectivity index (χ1v) is 11.7. The number of para-hydroxylation sites is 1. The van der Waals surface area contributed by atoms with E-state index in [0.717, 1.165) is 27.9 Å². The predicted octanol–water partition coefficient (Wildman–Crippen LogP) is 5.01. The summed E-state index contributed by atoms with van der Waals surface area (Å²) in [6.07, 6.45) is 0.648. The Hall–Kier alpha value is -3.12. The minimum Gasteiger partial charge on any atom is -0.324 e. The van der Waals surface area contributed by atoms with Crippen LogP contribution < -0.4 is 9.62 Å². The van der Waals surface area contributed by atoms with Crippen LogP contribution in [0.15, 0.2) is 71.6 Å². The fourth-order valence-corrected chi connectivity index (χ4v) is 5.24. The van der Waals surface area contributed by atoms with Crippen molar-refractivity contribution in [3.8, 4) is 0 Å². The van der Waals surface area contributed by atoms with Crippen LogP contribution in [-0.4, -0.2) is 20.9 Å². The molecule has 0 saturated carbocycles. The summed E-state index contributed by atoms with van der Waals surface area (Å²) in [6.45, 7) is 7.51. The summed E-state index contributed by atoms with van der Waals surface area (Å²) in [6, 6.07) is 19.5. The van der Waals surface area contributed by atoms with E-state index in [-0.39, 0.29) is 17.3 Å². The van der Waals surface area contributed by atoms with Gasteiger partial charge in [-0.15, -0.1) is 0 Å². The van der Waals surface area contributed by atoms with E-state index >= 15 is 0 Å². The minimum atomic E-state index is -3.93. The molecule has 0 aliphatic carbocycles. The lowest BCUT2D eigenvalue weighted by Gasteiger charge is -2.26. The van der Waals surface area contributed by atoms with Gasteiger partial charge in [0.05, 0.1) is 10.6 Å². The molecule has 0 atom stereocenters. The van der Waals surface area contributed by atoms with Crippen molar-refractivity contribution in [3.05, 3.63) is 89.0 Å². The Morgan fingerprint density at radius 1 is 0.903 bits per heavy atom. The summed E-state index contributed by atoms with van der Waals surface area (Å²) in [7, 11) is -3.93. The van der Waals surface area contributed by atoms with Gasteiger partial charge < -0.3 is 5.32 Å². The standard InChI is InChI=1S/C25H28N2O3S/c1-5-21-11-9-10-14-23(21)27(31(29,30)22-12-7-6-8-13-22)17-24(28)26-25-19(3)15-18(2)16-20(25)4/h6-16H,5,17H2,1-4H3,(H,26,28). The van der Waals surface area contributed by atoms with Crippen molar-refractivity contribution in [2.45, 2.75) is 39.0 Å². The minimum absolute atomic E-state index is 0.149.